The first-order valence-corrected chi connectivity index (χ1v) is 6.53. The Hall–Kier alpha value is -2.08. The quantitative estimate of drug-likeness (QED) is 0.835. The van der Waals surface area contributed by atoms with E-state index < -0.39 is 0 Å². The number of ether oxygens (including phenoxy) is 2. The molecule has 2 aromatic rings. The van der Waals surface area contributed by atoms with E-state index in [-0.39, 0.29) is 0 Å². The minimum absolute atomic E-state index is 0.334. The average molecular weight is 277 g/mol. The predicted octanol–water partition coefficient (Wildman–Crippen LogP) is 2.08. The van der Waals surface area contributed by atoms with Crippen LogP contribution in [0.4, 0.5) is 0 Å². The van der Waals surface area contributed by atoms with Crippen LogP contribution in [0.5, 0.6) is 11.5 Å². The number of aryl methyl sites for hydroxylation is 1. The zero-order valence-electron chi connectivity index (χ0n) is 12.0. The second kappa shape index (κ2) is 6.91. The summed E-state index contributed by atoms with van der Waals surface area (Å²) in [6.45, 7) is 5.84. The van der Waals surface area contributed by atoms with Crippen LogP contribution in [0.3, 0.4) is 0 Å². The summed E-state index contributed by atoms with van der Waals surface area (Å²) in [5.74, 6) is 1.61. The van der Waals surface area contributed by atoms with Crippen molar-refractivity contribution in [1.82, 2.24) is 15.6 Å². The van der Waals surface area contributed by atoms with Crippen molar-refractivity contribution >= 4 is 0 Å². The molecule has 0 radical (unpaired) electrons. The third-order valence-electron chi connectivity index (χ3n) is 2.94. The van der Waals surface area contributed by atoms with Crippen LogP contribution in [0.2, 0.25) is 0 Å². The van der Waals surface area contributed by atoms with Crippen molar-refractivity contribution in [3.8, 4) is 11.5 Å². The van der Waals surface area contributed by atoms with Crippen molar-refractivity contribution in [1.29, 1.82) is 0 Å². The Morgan fingerprint density at radius 2 is 2.15 bits per heavy atom. The van der Waals surface area contributed by atoms with E-state index in [1.807, 2.05) is 25.1 Å². The Bertz CT molecular complexity index is 554. The first-order chi connectivity index (χ1) is 9.74. The van der Waals surface area contributed by atoms with Gasteiger partial charge < -0.3 is 14.8 Å². The van der Waals surface area contributed by atoms with Crippen molar-refractivity contribution in [2.24, 2.45) is 0 Å². The molecule has 0 unspecified atom stereocenters. The number of hydrogen-bond donors (Lipinski definition) is 1. The average Bonchev–Trinajstić information content (AvgIpc) is 2.88. The smallest absolute Gasteiger partial charge is 0.145 e. The van der Waals surface area contributed by atoms with Crippen LogP contribution in [0.15, 0.2) is 22.8 Å². The van der Waals surface area contributed by atoms with Gasteiger partial charge in [0, 0.05) is 12.1 Å². The van der Waals surface area contributed by atoms with Crippen molar-refractivity contribution in [3.05, 3.63) is 35.2 Å². The molecular formula is C14H19N3O3. The Morgan fingerprint density at radius 3 is 2.80 bits per heavy atom. The van der Waals surface area contributed by atoms with E-state index in [9.17, 15) is 0 Å². The fourth-order valence-electron chi connectivity index (χ4n) is 1.75. The van der Waals surface area contributed by atoms with Gasteiger partial charge in [-0.05, 0) is 31.7 Å². The van der Waals surface area contributed by atoms with Crippen molar-refractivity contribution in [2.75, 3.05) is 13.7 Å². The number of benzene rings is 1. The lowest BCUT2D eigenvalue weighted by atomic mass is 10.2. The van der Waals surface area contributed by atoms with E-state index in [0.717, 1.165) is 35.8 Å². The molecule has 0 aliphatic carbocycles. The highest BCUT2D eigenvalue weighted by Gasteiger charge is 2.09. The van der Waals surface area contributed by atoms with Crippen molar-refractivity contribution in [2.45, 2.75) is 27.0 Å². The molecule has 0 aliphatic rings. The normalized spacial score (nSPS) is 10.6. The summed E-state index contributed by atoms with van der Waals surface area (Å²) in [5, 5.41) is 10.8. The maximum absolute atomic E-state index is 5.80. The van der Waals surface area contributed by atoms with Crippen molar-refractivity contribution < 1.29 is 14.1 Å². The highest BCUT2D eigenvalue weighted by molar-refractivity contribution is 5.40. The topological polar surface area (TPSA) is 69.4 Å². The third-order valence-corrected chi connectivity index (χ3v) is 2.94. The molecule has 0 amide bonds. The molecular weight excluding hydrogens is 258 g/mol. The van der Waals surface area contributed by atoms with Gasteiger partial charge in [-0.2, -0.15) is 0 Å². The zero-order chi connectivity index (χ0) is 14.4. The standard InChI is InChI=1S/C14H19N3O3/c1-4-15-8-11-7-12(18-3)5-6-14(11)19-9-13-10(2)16-20-17-13/h5-7,15H,4,8-9H2,1-3H3. The fraction of sp³-hybridized carbons (Fsp3) is 0.429. The number of nitrogens with zero attached hydrogens (tertiary/aromatic N) is 2. The first kappa shape index (κ1) is 14.3. The first-order valence-electron chi connectivity index (χ1n) is 6.53. The summed E-state index contributed by atoms with van der Waals surface area (Å²) >= 11 is 0. The molecule has 6 nitrogen and oxygen atoms in total. The minimum Gasteiger partial charge on any atom is -0.497 e. The Morgan fingerprint density at radius 1 is 1.30 bits per heavy atom. The molecule has 6 heteroatoms. The molecule has 0 saturated heterocycles. The summed E-state index contributed by atoms with van der Waals surface area (Å²) in [6.07, 6.45) is 0. The molecule has 0 aliphatic heterocycles. The number of aromatic nitrogens is 2. The SMILES string of the molecule is CCNCc1cc(OC)ccc1OCc1nonc1C. The van der Waals surface area contributed by atoms with Gasteiger partial charge in [-0.25, -0.2) is 4.63 Å². The highest BCUT2D eigenvalue weighted by Crippen LogP contribution is 2.25. The monoisotopic (exact) mass is 277 g/mol. The van der Waals surface area contributed by atoms with Gasteiger partial charge in [0.1, 0.15) is 29.5 Å². The maximum Gasteiger partial charge on any atom is 0.145 e. The van der Waals surface area contributed by atoms with Crippen LogP contribution in [-0.2, 0) is 13.2 Å². The predicted molar refractivity (Wildman–Crippen MR) is 73.7 cm³/mol. The van der Waals surface area contributed by atoms with E-state index in [1.54, 1.807) is 7.11 Å². The van der Waals surface area contributed by atoms with Crippen LogP contribution in [-0.4, -0.2) is 24.0 Å². The molecule has 0 atom stereocenters. The van der Waals surface area contributed by atoms with E-state index >= 15 is 0 Å². The Balaban J connectivity index is 2.11. The number of rotatable bonds is 7. The molecule has 0 fully saturated rings. The summed E-state index contributed by atoms with van der Waals surface area (Å²) in [7, 11) is 1.65. The van der Waals surface area contributed by atoms with E-state index in [0.29, 0.717) is 12.3 Å². The summed E-state index contributed by atoms with van der Waals surface area (Å²) in [4.78, 5) is 0. The molecule has 1 N–H and O–H groups in total. The van der Waals surface area contributed by atoms with Crippen molar-refractivity contribution in [3.63, 3.8) is 0 Å². The van der Waals surface area contributed by atoms with Gasteiger partial charge in [-0.3, -0.25) is 0 Å². The molecule has 0 spiro atoms. The van der Waals surface area contributed by atoms with E-state index in [2.05, 4.69) is 27.2 Å². The van der Waals surface area contributed by atoms with Gasteiger partial charge >= 0.3 is 0 Å². The molecule has 1 aromatic carbocycles. The minimum atomic E-state index is 0.334. The zero-order valence-corrected chi connectivity index (χ0v) is 12.0. The third kappa shape index (κ3) is 3.48. The van der Waals surface area contributed by atoms with Gasteiger partial charge in [0.2, 0.25) is 0 Å². The lowest BCUT2D eigenvalue weighted by Gasteiger charge is -2.12. The van der Waals surface area contributed by atoms with E-state index in [1.165, 1.54) is 0 Å². The fourth-order valence-corrected chi connectivity index (χ4v) is 1.75. The van der Waals surface area contributed by atoms with Crippen LogP contribution in [0.25, 0.3) is 0 Å². The molecule has 0 saturated carbocycles. The number of methoxy groups -OCH3 is 1. The van der Waals surface area contributed by atoms with Crippen LogP contribution < -0.4 is 14.8 Å². The van der Waals surface area contributed by atoms with Gasteiger partial charge in [0.15, 0.2) is 0 Å². The Kier molecular flexibility index (Phi) is 4.95. The summed E-state index contributed by atoms with van der Waals surface area (Å²) in [6, 6.07) is 5.74. The van der Waals surface area contributed by atoms with Gasteiger partial charge in [-0.15, -0.1) is 0 Å². The number of nitrogens with one attached hydrogen (secondary N) is 1. The molecule has 20 heavy (non-hydrogen) atoms. The molecule has 0 bridgehead atoms. The van der Waals surface area contributed by atoms with Crippen LogP contribution in [0, 0.1) is 6.92 Å². The van der Waals surface area contributed by atoms with Gasteiger partial charge in [-0.1, -0.05) is 17.2 Å². The summed E-state index contributed by atoms with van der Waals surface area (Å²) < 4.78 is 15.7. The van der Waals surface area contributed by atoms with Crippen LogP contribution in [0.1, 0.15) is 23.9 Å². The Labute approximate surface area is 118 Å². The molecule has 1 heterocycles. The second-order valence-electron chi connectivity index (χ2n) is 4.34. The maximum atomic E-state index is 5.80. The lowest BCUT2D eigenvalue weighted by Crippen LogP contribution is -2.13. The van der Waals surface area contributed by atoms with Gasteiger partial charge in [0.25, 0.3) is 0 Å². The van der Waals surface area contributed by atoms with Crippen LogP contribution >= 0.6 is 0 Å². The van der Waals surface area contributed by atoms with E-state index in [4.69, 9.17) is 9.47 Å². The molecule has 108 valence electrons. The molecule has 1 aromatic heterocycles. The molecule has 2 rings (SSSR count). The number of hydrogen-bond acceptors (Lipinski definition) is 6. The van der Waals surface area contributed by atoms with Gasteiger partial charge in [0.05, 0.1) is 7.11 Å². The highest BCUT2D eigenvalue weighted by atomic mass is 16.6. The summed E-state index contributed by atoms with van der Waals surface area (Å²) in [5.41, 5.74) is 2.49. The second-order valence-corrected chi connectivity index (χ2v) is 4.34. The largest absolute Gasteiger partial charge is 0.497 e. The lowest BCUT2D eigenvalue weighted by molar-refractivity contribution is 0.268.